The summed E-state index contributed by atoms with van der Waals surface area (Å²) in [6.07, 6.45) is 2.16. The molecule has 5 heteroatoms. The van der Waals surface area contributed by atoms with Crippen LogP contribution < -0.4 is 4.90 Å². The van der Waals surface area contributed by atoms with Crippen LogP contribution in [0.1, 0.15) is 24.8 Å². The summed E-state index contributed by atoms with van der Waals surface area (Å²) in [5, 5.41) is 0. The van der Waals surface area contributed by atoms with E-state index in [2.05, 4.69) is 0 Å². The molecule has 2 aromatic rings. The van der Waals surface area contributed by atoms with Crippen LogP contribution in [0.3, 0.4) is 0 Å². The molecule has 0 radical (unpaired) electrons. The predicted octanol–water partition coefficient (Wildman–Crippen LogP) is 3.37. The van der Waals surface area contributed by atoms with Crippen LogP contribution >= 0.6 is 0 Å². The van der Waals surface area contributed by atoms with Crippen molar-refractivity contribution < 1.29 is 14.0 Å². The highest BCUT2D eigenvalue weighted by Crippen LogP contribution is 2.33. The van der Waals surface area contributed by atoms with Crippen LogP contribution in [-0.2, 0) is 16.1 Å². The van der Waals surface area contributed by atoms with Crippen LogP contribution in [0, 0.1) is 11.7 Å². The molecule has 26 heavy (non-hydrogen) atoms. The standard InChI is InChI=1S/C21H21FN2O2/c22-18-8-4-5-9-19(18)24-14-16(12-20(24)25)21(26)23(17-10-11-17)13-15-6-2-1-3-7-15/h1-9,16-17H,10-14H2/t16-/m1/s1. The van der Waals surface area contributed by atoms with Crippen LogP contribution in [0.4, 0.5) is 10.1 Å². The van der Waals surface area contributed by atoms with Crippen LogP contribution in [0.25, 0.3) is 0 Å². The molecule has 1 heterocycles. The number of carbonyl (C=O) groups is 2. The summed E-state index contributed by atoms with van der Waals surface area (Å²) in [7, 11) is 0. The lowest BCUT2D eigenvalue weighted by Crippen LogP contribution is -2.38. The lowest BCUT2D eigenvalue weighted by Gasteiger charge is -2.26. The van der Waals surface area contributed by atoms with Gasteiger partial charge in [0.05, 0.1) is 11.6 Å². The highest BCUT2D eigenvalue weighted by atomic mass is 19.1. The Morgan fingerprint density at radius 2 is 1.77 bits per heavy atom. The van der Waals surface area contributed by atoms with Gasteiger partial charge in [-0.15, -0.1) is 0 Å². The summed E-state index contributed by atoms with van der Waals surface area (Å²) >= 11 is 0. The average Bonchev–Trinajstić information content (AvgIpc) is 3.42. The number of anilines is 1. The van der Waals surface area contributed by atoms with Gasteiger partial charge in [-0.1, -0.05) is 42.5 Å². The van der Waals surface area contributed by atoms with Gasteiger partial charge in [0.15, 0.2) is 0 Å². The lowest BCUT2D eigenvalue weighted by atomic mass is 10.1. The molecule has 1 atom stereocenters. The molecule has 2 aromatic carbocycles. The van der Waals surface area contributed by atoms with Crippen molar-refractivity contribution in [1.29, 1.82) is 0 Å². The highest BCUT2D eigenvalue weighted by Gasteiger charge is 2.41. The third kappa shape index (κ3) is 3.34. The average molecular weight is 352 g/mol. The molecular formula is C21H21FN2O2. The highest BCUT2D eigenvalue weighted by molar-refractivity contribution is 6.00. The molecule has 0 aromatic heterocycles. The number of hydrogen-bond donors (Lipinski definition) is 0. The maximum Gasteiger partial charge on any atom is 0.228 e. The van der Waals surface area contributed by atoms with Gasteiger partial charge in [-0.25, -0.2) is 4.39 Å². The molecular weight excluding hydrogens is 331 g/mol. The molecule has 4 rings (SSSR count). The zero-order valence-corrected chi connectivity index (χ0v) is 14.5. The van der Waals surface area contributed by atoms with E-state index in [1.165, 1.54) is 11.0 Å². The number of para-hydroxylation sites is 1. The smallest absolute Gasteiger partial charge is 0.228 e. The third-order valence-corrected chi connectivity index (χ3v) is 5.08. The zero-order chi connectivity index (χ0) is 18.1. The van der Waals surface area contributed by atoms with E-state index in [-0.39, 0.29) is 36.5 Å². The normalized spacial score (nSPS) is 19.7. The van der Waals surface area contributed by atoms with Crippen molar-refractivity contribution >= 4 is 17.5 Å². The summed E-state index contributed by atoms with van der Waals surface area (Å²) < 4.78 is 14.0. The van der Waals surface area contributed by atoms with Gasteiger partial charge in [0.1, 0.15) is 5.82 Å². The van der Waals surface area contributed by atoms with E-state index >= 15 is 0 Å². The Balaban J connectivity index is 1.50. The summed E-state index contributed by atoms with van der Waals surface area (Å²) in [4.78, 5) is 28.8. The molecule has 2 aliphatic rings. The van der Waals surface area contributed by atoms with Gasteiger partial charge in [-0.2, -0.15) is 0 Å². The van der Waals surface area contributed by atoms with Crippen LogP contribution in [-0.4, -0.2) is 29.3 Å². The number of carbonyl (C=O) groups excluding carboxylic acids is 2. The zero-order valence-electron chi connectivity index (χ0n) is 14.5. The predicted molar refractivity (Wildman–Crippen MR) is 96.9 cm³/mol. The largest absolute Gasteiger partial charge is 0.335 e. The molecule has 0 spiro atoms. The quantitative estimate of drug-likeness (QED) is 0.828. The number of hydrogen-bond acceptors (Lipinski definition) is 2. The third-order valence-electron chi connectivity index (χ3n) is 5.08. The fourth-order valence-electron chi connectivity index (χ4n) is 3.56. The molecule has 1 aliphatic heterocycles. The first kappa shape index (κ1) is 16.8. The molecule has 0 bridgehead atoms. The Kier molecular flexibility index (Phi) is 4.45. The first-order chi connectivity index (χ1) is 12.6. The number of amides is 2. The molecule has 1 saturated carbocycles. The Hall–Kier alpha value is -2.69. The van der Waals surface area contributed by atoms with E-state index < -0.39 is 11.7 Å². The first-order valence-corrected chi connectivity index (χ1v) is 9.03. The molecule has 1 saturated heterocycles. The minimum absolute atomic E-state index is 0.00328. The van der Waals surface area contributed by atoms with Gasteiger partial charge in [0.25, 0.3) is 0 Å². The monoisotopic (exact) mass is 352 g/mol. The lowest BCUT2D eigenvalue weighted by molar-refractivity contribution is -0.137. The minimum atomic E-state index is -0.433. The van der Waals surface area contributed by atoms with E-state index in [1.807, 2.05) is 35.2 Å². The van der Waals surface area contributed by atoms with Gasteiger partial charge < -0.3 is 9.80 Å². The van der Waals surface area contributed by atoms with Crippen molar-refractivity contribution in [1.82, 2.24) is 4.90 Å². The first-order valence-electron chi connectivity index (χ1n) is 9.03. The van der Waals surface area contributed by atoms with E-state index in [4.69, 9.17) is 0 Å². The van der Waals surface area contributed by atoms with E-state index in [0.717, 1.165) is 18.4 Å². The van der Waals surface area contributed by atoms with Gasteiger partial charge in [-0.3, -0.25) is 9.59 Å². The van der Waals surface area contributed by atoms with E-state index in [9.17, 15) is 14.0 Å². The summed E-state index contributed by atoms with van der Waals surface area (Å²) in [6, 6.07) is 16.4. The fourth-order valence-corrected chi connectivity index (χ4v) is 3.56. The second-order valence-corrected chi connectivity index (χ2v) is 7.04. The van der Waals surface area contributed by atoms with Crippen molar-refractivity contribution in [3.05, 3.63) is 66.0 Å². The number of benzene rings is 2. The molecule has 2 fully saturated rings. The van der Waals surface area contributed by atoms with Crippen molar-refractivity contribution in [2.24, 2.45) is 5.92 Å². The Bertz CT molecular complexity index is 820. The maximum atomic E-state index is 14.0. The van der Waals surface area contributed by atoms with E-state index in [1.54, 1.807) is 18.2 Å². The van der Waals surface area contributed by atoms with Crippen molar-refractivity contribution in [2.75, 3.05) is 11.4 Å². The summed E-state index contributed by atoms with van der Waals surface area (Å²) in [5.74, 6) is -1.03. The SMILES string of the molecule is O=C1C[C@@H](C(=O)N(Cc2ccccc2)C2CC2)CN1c1ccccc1F. The van der Waals surface area contributed by atoms with Crippen LogP contribution in [0.2, 0.25) is 0 Å². The molecule has 4 nitrogen and oxygen atoms in total. The van der Waals surface area contributed by atoms with Gasteiger partial charge in [0.2, 0.25) is 11.8 Å². The summed E-state index contributed by atoms with van der Waals surface area (Å²) in [5.41, 5.74) is 1.34. The van der Waals surface area contributed by atoms with Crippen molar-refractivity contribution in [2.45, 2.75) is 31.8 Å². The number of halogens is 1. The number of rotatable bonds is 5. The Labute approximate surface area is 152 Å². The second kappa shape index (κ2) is 6.90. The van der Waals surface area contributed by atoms with Gasteiger partial charge in [-0.05, 0) is 30.5 Å². The fraction of sp³-hybridized carbons (Fsp3) is 0.333. The Morgan fingerprint density at radius 3 is 2.46 bits per heavy atom. The minimum Gasteiger partial charge on any atom is -0.335 e. The summed E-state index contributed by atoms with van der Waals surface area (Å²) in [6.45, 7) is 0.811. The second-order valence-electron chi connectivity index (χ2n) is 7.04. The van der Waals surface area contributed by atoms with Crippen molar-refractivity contribution in [3.8, 4) is 0 Å². The molecule has 2 amide bonds. The molecule has 1 aliphatic carbocycles. The number of nitrogens with zero attached hydrogens (tertiary/aromatic N) is 2. The molecule has 134 valence electrons. The van der Waals surface area contributed by atoms with Crippen molar-refractivity contribution in [3.63, 3.8) is 0 Å². The Morgan fingerprint density at radius 1 is 1.08 bits per heavy atom. The maximum absolute atomic E-state index is 14.0. The topological polar surface area (TPSA) is 40.6 Å². The van der Waals surface area contributed by atoms with Gasteiger partial charge >= 0.3 is 0 Å². The van der Waals surface area contributed by atoms with E-state index in [0.29, 0.717) is 6.54 Å². The van der Waals surface area contributed by atoms with Gasteiger partial charge in [0, 0.05) is 25.6 Å². The van der Waals surface area contributed by atoms with Crippen LogP contribution in [0.15, 0.2) is 54.6 Å². The van der Waals surface area contributed by atoms with Crippen LogP contribution in [0.5, 0.6) is 0 Å². The molecule has 0 N–H and O–H groups in total. The molecule has 0 unspecified atom stereocenters.